The van der Waals surface area contributed by atoms with Gasteiger partial charge in [0.25, 0.3) is 11.8 Å². The number of aromatic hydroxyl groups is 1. The van der Waals surface area contributed by atoms with Crippen molar-refractivity contribution >= 4 is 17.6 Å². The van der Waals surface area contributed by atoms with Crippen LogP contribution in [0.1, 0.15) is 55.8 Å². The number of anilines is 1. The summed E-state index contributed by atoms with van der Waals surface area (Å²) >= 11 is 0. The molecule has 2 amide bonds. The maximum atomic E-state index is 12.6. The molecule has 0 saturated carbocycles. The topological polar surface area (TPSA) is 105 Å². The highest BCUT2D eigenvalue weighted by Crippen LogP contribution is 2.25. The summed E-state index contributed by atoms with van der Waals surface area (Å²) in [6.45, 7) is 7.06. The summed E-state index contributed by atoms with van der Waals surface area (Å²) in [7, 11) is 1.46. The fourth-order valence-electron chi connectivity index (χ4n) is 2.71. The lowest BCUT2D eigenvalue weighted by atomic mass is 10.0. The van der Waals surface area contributed by atoms with E-state index in [0.29, 0.717) is 29.4 Å². The molecule has 8 heteroatoms. The van der Waals surface area contributed by atoms with Crippen LogP contribution in [0.15, 0.2) is 18.2 Å². The molecule has 0 fully saturated rings. The van der Waals surface area contributed by atoms with Crippen molar-refractivity contribution in [2.75, 3.05) is 19.0 Å². The Balaban J connectivity index is 0.00000190. The molecule has 2 heterocycles. The molecule has 0 unspecified atom stereocenters. The van der Waals surface area contributed by atoms with E-state index in [-0.39, 0.29) is 14.2 Å². The van der Waals surface area contributed by atoms with E-state index in [1.54, 1.807) is 17.7 Å². The minimum Gasteiger partial charge on any atom is -0.507 e. The second-order valence-electron chi connectivity index (χ2n) is 5.86. The van der Waals surface area contributed by atoms with Crippen molar-refractivity contribution in [1.29, 1.82) is 0 Å². The number of carbonyl (C=O) groups excluding carboxylic acids is 2. The average Bonchev–Trinajstić information content (AvgIpc) is 2.90. The van der Waals surface area contributed by atoms with Gasteiger partial charge in [-0.15, -0.1) is 0 Å². The first kappa shape index (κ1) is 20.3. The van der Waals surface area contributed by atoms with Crippen molar-refractivity contribution in [1.82, 2.24) is 15.1 Å². The zero-order chi connectivity index (χ0) is 20.0. The molecule has 0 atom stereocenters. The van der Waals surface area contributed by atoms with E-state index < -0.39 is 11.8 Å². The highest BCUT2D eigenvalue weighted by Gasteiger charge is 2.19. The Hall–Kier alpha value is -3.03. The molecule has 1 aliphatic heterocycles. The molecule has 2 aromatic rings. The van der Waals surface area contributed by atoms with Gasteiger partial charge in [-0.3, -0.25) is 9.59 Å². The molecule has 1 aromatic heterocycles. The summed E-state index contributed by atoms with van der Waals surface area (Å²) in [5, 5.41) is 19.4. The summed E-state index contributed by atoms with van der Waals surface area (Å²) in [5.74, 6) is -0.0304. The van der Waals surface area contributed by atoms with Gasteiger partial charge in [0.05, 0.1) is 12.2 Å². The number of phenols is 1. The molecule has 1 aliphatic rings. The number of nitrogens with one attached hydrogen (secondary N) is 2. The van der Waals surface area contributed by atoms with Crippen LogP contribution < -0.4 is 15.4 Å². The summed E-state index contributed by atoms with van der Waals surface area (Å²) in [5.41, 5.74) is 0.891. The third kappa shape index (κ3) is 4.58. The van der Waals surface area contributed by atoms with E-state index in [9.17, 15) is 14.7 Å². The highest BCUT2D eigenvalue weighted by atomic mass is 16.5. The van der Waals surface area contributed by atoms with Crippen LogP contribution in [0.2, 0.25) is 0 Å². The molecule has 8 nitrogen and oxygen atoms in total. The van der Waals surface area contributed by atoms with E-state index in [1.807, 2.05) is 13.8 Å². The van der Waals surface area contributed by atoms with E-state index >= 15 is 0 Å². The standard InChI is InChI=1S/C17H20N4O4.C2H6.2H2/c1-10-7-13(22)12(16(23)18-2)8-11(10)17(24)19-14-9-15-21(20-14)5-3-4-6-25-15;1-2;;/h7-9,22H,3-6H2,1-2H3,(H,18,23)(H,19,20,24);1-2H3;2*1H. The maximum Gasteiger partial charge on any atom is 0.257 e. The van der Waals surface area contributed by atoms with Gasteiger partial charge in [0, 0.05) is 28.1 Å². The van der Waals surface area contributed by atoms with Crippen molar-refractivity contribution < 1.29 is 22.3 Å². The van der Waals surface area contributed by atoms with Gasteiger partial charge in [0.2, 0.25) is 5.88 Å². The van der Waals surface area contributed by atoms with E-state index in [4.69, 9.17) is 4.74 Å². The van der Waals surface area contributed by atoms with Crippen molar-refractivity contribution in [3.63, 3.8) is 0 Å². The van der Waals surface area contributed by atoms with Crippen LogP contribution >= 0.6 is 0 Å². The smallest absolute Gasteiger partial charge is 0.257 e. The number of amides is 2. The molecule has 0 radical (unpaired) electrons. The Bertz CT molecular complexity index is 816. The maximum absolute atomic E-state index is 12.6. The molecular formula is C19H30N4O4. The molecule has 0 spiro atoms. The summed E-state index contributed by atoms with van der Waals surface area (Å²) < 4.78 is 7.31. The SMILES string of the molecule is CC.CNC(=O)c1cc(C(=O)Nc2cc3n(n2)CCCCO3)c(C)cc1O.[HH].[HH]. The average molecular weight is 378 g/mol. The molecule has 0 bridgehead atoms. The van der Waals surface area contributed by atoms with Gasteiger partial charge in [-0.25, -0.2) is 4.68 Å². The second-order valence-corrected chi connectivity index (χ2v) is 5.86. The Morgan fingerprint density at radius 2 is 1.93 bits per heavy atom. The molecule has 1 aromatic carbocycles. The molecule has 27 heavy (non-hydrogen) atoms. The lowest BCUT2D eigenvalue weighted by Crippen LogP contribution is -2.20. The van der Waals surface area contributed by atoms with Crippen LogP contribution in [-0.4, -0.2) is 40.4 Å². The Labute approximate surface area is 161 Å². The number of fused-ring (bicyclic) bond motifs is 1. The van der Waals surface area contributed by atoms with E-state index in [0.717, 1.165) is 19.4 Å². The fraction of sp³-hybridized carbons (Fsp3) is 0.421. The minimum atomic E-state index is -0.464. The molecule has 0 saturated heterocycles. The van der Waals surface area contributed by atoms with Gasteiger partial charge in [-0.2, -0.15) is 5.10 Å². The third-order valence-electron chi connectivity index (χ3n) is 4.06. The zero-order valence-electron chi connectivity index (χ0n) is 16.1. The summed E-state index contributed by atoms with van der Waals surface area (Å²) in [4.78, 5) is 24.4. The normalized spacial score (nSPS) is 12.6. The molecular weight excluding hydrogens is 348 g/mol. The van der Waals surface area contributed by atoms with Crippen LogP contribution in [0, 0.1) is 6.92 Å². The van der Waals surface area contributed by atoms with Crippen LogP contribution in [0.25, 0.3) is 0 Å². The number of aryl methyl sites for hydroxylation is 2. The molecule has 3 N–H and O–H groups in total. The first-order valence-corrected chi connectivity index (χ1v) is 9.07. The van der Waals surface area contributed by atoms with Crippen molar-refractivity contribution in [3.8, 4) is 11.6 Å². The van der Waals surface area contributed by atoms with Gasteiger partial charge in [0.15, 0.2) is 5.82 Å². The fourth-order valence-corrected chi connectivity index (χ4v) is 2.71. The predicted molar refractivity (Wildman–Crippen MR) is 107 cm³/mol. The van der Waals surface area contributed by atoms with Gasteiger partial charge in [-0.05, 0) is 37.5 Å². The molecule has 0 aliphatic carbocycles. The van der Waals surface area contributed by atoms with Crippen molar-refractivity contribution in [3.05, 3.63) is 34.9 Å². The van der Waals surface area contributed by atoms with Crippen LogP contribution in [0.4, 0.5) is 5.82 Å². The Morgan fingerprint density at radius 1 is 1.19 bits per heavy atom. The van der Waals surface area contributed by atoms with Gasteiger partial charge in [-0.1, -0.05) is 13.8 Å². The summed E-state index contributed by atoms with van der Waals surface area (Å²) in [6, 6.07) is 4.44. The lowest BCUT2D eigenvalue weighted by Gasteiger charge is -2.10. The largest absolute Gasteiger partial charge is 0.507 e. The van der Waals surface area contributed by atoms with Crippen LogP contribution in [0.3, 0.4) is 0 Å². The number of aromatic nitrogens is 2. The first-order chi connectivity index (χ1) is 13.0. The lowest BCUT2D eigenvalue weighted by molar-refractivity contribution is 0.0960. The number of rotatable bonds is 3. The highest BCUT2D eigenvalue weighted by molar-refractivity contribution is 6.07. The number of ether oxygens (including phenoxy) is 1. The van der Waals surface area contributed by atoms with Gasteiger partial charge >= 0.3 is 0 Å². The predicted octanol–water partition coefficient (Wildman–Crippen LogP) is 3.20. The Kier molecular flexibility index (Phi) is 6.81. The molecule has 3 rings (SSSR count). The monoisotopic (exact) mass is 378 g/mol. The van der Waals surface area contributed by atoms with Crippen molar-refractivity contribution in [2.45, 2.75) is 40.2 Å². The van der Waals surface area contributed by atoms with Gasteiger partial charge < -0.3 is 20.5 Å². The number of benzene rings is 1. The van der Waals surface area contributed by atoms with E-state index in [2.05, 4.69) is 15.7 Å². The number of hydrogen-bond acceptors (Lipinski definition) is 5. The van der Waals surface area contributed by atoms with Crippen molar-refractivity contribution in [2.24, 2.45) is 0 Å². The summed E-state index contributed by atoms with van der Waals surface area (Å²) in [6.07, 6.45) is 1.94. The van der Waals surface area contributed by atoms with Crippen LogP contribution in [0.5, 0.6) is 11.6 Å². The zero-order valence-corrected chi connectivity index (χ0v) is 16.1. The number of hydrogen-bond donors (Lipinski definition) is 3. The first-order valence-electron chi connectivity index (χ1n) is 9.07. The Morgan fingerprint density at radius 3 is 2.63 bits per heavy atom. The minimum absolute atomic E-state index is 0. The van der Waals surface area contributed by atoms with Gasteiger partial charge in [0.1, 0.15) is 5.75 Å². The third-order valence-corrected chi connectivity index (χ3v) is 4.06. The second kappa shape index (κ2) is 9.07. The number of nitrogens with zero attached hydrogens (tertiary/aromatic N) is 2. The molecule has 150 valence electrons. The number of phenolic OH excluding ortho intramolecular Hbond substituents is 1. The van der Waals surface area contributed by atoms with E-state index in [1.165, 1.54) is 19.2 Å². The quantitative estimate of drug-likeness (QED) is 0.760. The van der Waals surface area contributed by atoms with Crippen LogP contribution in [-0.2, 0) is 6.54 Å². The number of carbonyl (C=O) groups is 2.